The molecule has 4 aromatic heterocycles. The Labute approximate surface area is 333 Å². The van der Waals surface area contributed by atoms with Gasteiger partial charge in [0, 0.05) is 63.9 Å². The number of pyridine rings is 1. The summed E-state index contributed by atoms with van der Waals surface area (Å²) in [7, 11) is 4.05. The molecule has 9 aromatic rings. The van der Waals surface area contributed by atoms with Crippen molar-refractivity contribution in [1.82, 2.24) is 28.7 Å². The van der Waals surface area contributed by atoms with E-state index >= 15 is 0 Å². The molecule has 0 N–H and O–H groups in total. The summed E-state index contributed by atoms with van der Waals surface area (Å²) in [5.74, 6) is 0.834. The van der Waals surface area contributed by atoms with Gasteiger partial charge in [0.25, 0.3) is 0 Å². The Kier molecular flexibility index (Phi) is 8.76. The first kappa shape index (κ1) is 34.3. The van der Waals surface area contributed by atoms with E-state index in [0.29, 0.717) is 0 Å². The molecule has 8 nitrogen and oxygen atoms in total. The van der Waals surface area contributed by atoms with Crippen molar-refractivity contribution in [2.45, 2.75) is 0 Å². The molecule has 0 bridgehead atoms. The number of nitrogens with zero attached hydrogens (tertiary/aromatic N) is 8. The first-order valence-electron chi connectivity index (χ1n) is 17.8. The average molecular weight is 893 g/mol. The van der Waals surface area contributed by atoms with Gasteiger partial charge in [0.15, 0.2) is 0 Å². The summed E-state index contributed by atoms with van der Waals surface area (Å²) in [6.45, 7) is 2.14. The molecule has 0 saturated carbocycles. The van der Waals surface area contributed by atoms with E-state index < -0.39 is 0 Å². The molecule has 0 spiro atoms. The maximum Gasteiger partial charge on any atom is 0.136 e. The standard InChI is InChI=1S/C46H33N8.Pt/c1-50-29-47-27-42(50)46(43-28-48-30-51(43)2)45(33-22-23-37-36-17-6-7-18-38(36)54(41(37)26-33)44-21-10-11-24-49-44)32-13-12-16-35(25-32)53-31-52(34-14-4-3-5-15-34)39-19-8-9-20-40(39)53;/h3-24,27-31H,1-2H3;/q-3;. The van der Waals surface area contributed by atoms with E-state index in [0.717, 1.165) is 84.0 Å². The minimum Gasteiger partial charge on any atom is -0.488 e. The second-order valence-electron chi connectivity index (χ2n) is 13.3. The van der Waals surface area contributed by atoms with Crippen molar-refractivity contribution >= 4 is 55.7 Å². The molecule has 5 aromatic carbocycles. The number of aryl methyl sites for hydroxylation is 2. The summed E-state index contributed by atoms with van der Waals surface area (Å²) in [6.07, 6.45) is 9.34. The van der Waals surface area contributed by atoms with E-state index in [-0.39, 0.29) is 21.1 Å². The van der Waals surface area contributed by atoms with Crippen LogP contribution in [0.2, 0.25) is 0 Å². The van der Waals surface area contributed by atoms with E-state index in [2.05, 4.69) is 155 Å². The quantitative estimate of drug-likeness (QED) is 0.149. The van der Waals surface area contributed by atoms with Gasteiger partial charge < -0.3 is 23.5 Å². The fraction of sp³-hybridized carbons (Fsp3) is 0.0435. The van der Waals surface area contributed by atoms with Gasteiger partial charge in [0.05, 0.1) is 36.4 Å². The molecule has 0 saturated heterocycles. The molecule has 270 valence electrons. The Morgan fingerprint density at radius 3 is 1.96 bits per heavy atom. The van der Waals surface area contributed by atoms with E-state index in [1.54, 1.807) is 0 Å². The summed E-state index contributed by atoms with van der Waals surface area (Å²) in [4.78, 5) is 18.4. The molecule has 5 heterocycles. The van der Waals surface area contributed by atoms with Gasteiger partial charge in [-0.05, 0) is 58.9 Å². The van der Waals surface area contributed by atoms with Gasteiger partial charge in [0.2, 0.25) is 0 Å². The van der Waals surface area contributed by atoms with Crippen molar-refractivity contribution in [3.8, 4) is 5.82 Å². The van der Waals surface area contributed by atoms with Crippen LogP contribution in [0.15, 0.2) is 159 Å². The number of imidazole rings is 2. The van der Waals surface area contributed by atoms with Gasteiger partial charge in [-0.15, -0.1) is 60.3 Å². The minimum absolute atomic E-state index is 0. The molecule has 0 aliphatic carbocycles. The van der Waals surface area contributed by atoms with E-state index in [1.807, 2.05) is 69.6 Å². The summed E-state index contributed by atoms with van der Waals surface area (Å²) < 4.78 is 6.31. The molecule has 1 aliphatic heterocycles. The van der Waals surface area contributed by atoms with Gasteiger partial charge in [-0.3, -0.25) is 0 Å². The Balaban J connectivity index is 0.00000397. The number of hydrogen-bond acceptors (Lipinski definition) is 5. The summed E-state index contributed by atoms with van der Waals surface area (Å²) >= 11 is 0. The number of para-hydroxylation sites is 4. The molecule has 0 radical (unpaired) electrons. The van der Waals surface area contributed by atoms with Crippen LogP contribution in [0, 0.1) is 18.8 Å². The van der Waals surface area contributed by atoms with Gasteiger partial charge in [-0.25, -0.2) is 15.0 Å². The van der Waals surface area contributed by atoms with Crippen LogP contribution in [0.3, 0.4) is 0 Å². The zero-order chi connectivity index (χ0) is 36.2. The normalized spacial score (nSPS) is 12.3. The number of anilines is 4. The van der Waals surface area contributed by atoms with Crippen LogP contribution in [-0.4, -0.2) is 28.7 Å². The second-order valence-corrected chi connectivity index (χ2v) is 13.3. The third-order valence-electron chi connectivity index (χ3n) is 10.1. The van der Waals surface area contributed by atoms with Crippen LogP contribution >= 0.6 is 0 Å². The van der Waals surface area contributed by atoms with Crippen molar-refractivity contribution in [2.24, 2.45) is 14.1 Å². The van der Waals surface area contributed by atoms with Gasteiger partial charge in [-0.2, -0.15) is 0 Å². The fourth-order valence-electron chi connectivity index (χ4n) is 7.60. The van der Waals surface area contributed by atoms with Crippen molar-refractivity contribution in [1.29, 1.82) is 0 Å². The maximum atomic E-state index is 4.78. The SMILES string of the molecule is Cn1cncc1C(=C(c1[c-]c(N2[CH-]N(c3ccccc3)c3ccccc32)ccc1)c1[c-]c2c(cc1)c1ccccc1n2-c1ccccn1)c1cncn1C.[Pt]. The summed E-state index contributed by atoms with van der Waals surface area (Å²) in [6, 6.07) is 51.9. The van der Waals surface area contributed by atoms with Gasteiger partial charge in [-0.1, -0.05) is 71.2 Å². The fourth-order valence-corrected chi connectivity index (χ4v) is 7.60. The largest absolute Gasteiger partial charge is 0.488 e. The van der Waals surface area contributed by atoms with Crippen LogP contribution in [0.4, 0.5) is 22.7 Å². The first-order chi connectivity index (χ1) is 26.6. The van der Waals surface area contributed by atoms with Crippen molar-refractivity contribution < 1.29 is 21.1 Å². The zero-order valence-electron chi connectivity index (χ0n) is 30.0. The van der Waals surface area contributed by atoms with E-state index in [9.17, 15) is 0 Å². The Hall–Kier alpha value is -6.50. The number of rotatable bonds is 7. The molecular formula is C46H33N8Pt-3. The van der Waals surface area contributed by atoms with E-state index in [1.165, 1.54) is 0 Å². The Morgan fingerprint density at radius 1 is 0.582 bits per heavy atom. The molecule has 0 fully saturated rings. The molecule has 1 aliphatic rings. The monoisotopic (exact) mass is 892 g/mol. The summed E-state index contributed by atoms with van der Waals surface area (Å²) in [5.41, 5.74) is 11.8. The first-order valence-corrected chi connectivity index (χ1v) is 17.8. The van der Waals surface area contributed by atoms with Crippen LogP contribution in [0.25, 0.3) is 38.8 Å². The minimum atomic E-state index is 0. The molecule has 0 unspecified atom stereocenters. The second kappa shape index (κ2) is 14.0. The van der Waals surface area contributed by atoms with Gasteiger partial charge in [0.1, 0.15) is 5.82 Å². The third-order valence-corrected chi connectivity index (χ3v) is 10.1. The smallest absolute Gasteiger partial charge is 0.136 e. The van der Waals surface area contributed by atoms with Gasteiger partial charge >= 0.3 is 0 Å². The number of hydrogen-bond donors (Lipinski definition) is 0. The molecular weight excluding hydrogens is 860 g/mol. The molecule has 10 rings (SSSR count). The Morgan fingerprint density at radius 2 is 1.25 bits per heavy atom. The molecule has 55 heavy (non-hydrogen) atoms. The summed E-state index contributed by atoms with van der Waals surface area (Å²) in [5, 5.41) is 2.24. The molecule has 0 amide bonds. The Bertz CT molecular complexity index is 2810. The number of benzene rings is 5. The predicted octanol–water partition coefficient (Wildman–Crippen LogP) is 9.66. The van der Waals surface area contributed by atoms with Crippen molar-refractivity contribution in [3.63, 3.8) is 0 Å². The van der Waals surface area contributed by atoms with Crippen LogP contribution in [-0.2, 0) is 35.2 Å². The molecule has 0 atom stereocenters. The van der Waals surface area contributed by atoms with Crippen LogP contribution in [0.5, 0.6) is 0 Å². The number of aromatic nitrogens is 6. The third kappa shape index (κ3) is 5.77. The topological polar surface area (TPSA) is 59.9 Å². The van der Waals surface area contributed by atoms with Crippen molar-refractivity contribution in [3.05, 3.63) is 200 Å². The van der Waals surface area contributed by atoms with E-state index in [4.69, 9.17) is 4.98 Å². The molecule has 9 heteroatoms. The maximum absolute atomic E-state index is 4.78. The van der Waals surface area contributed by atoms with Crippen LogP contribution < -0.4 is 9.80 Å². The zero-order valence-corrected chi connectivity index (χ0v) is 32.3. The number of fused-ring (bicyclic) bond motifs is 4. The average Bonchev–Trinajstić information content (AvgIpc) is 4.02. The van der Waals surface area contributed by atoms with Crippen LogP contribution in [0.1, 0.15) is 22.5 Å². The predicted molar refractivity (Wildman–Crippen MR) is 216 cm³/mol. The van der Waals surface area contributed by atoms with Crippen molar-refractivity contribution in [2.75, 3.05) is 9.80 Å².